The lowest BCUT2D eigenvalue weighted by Crippen LogP contribution is -2.23. The van der Waals surface area contributed by atoms with Crippen LogP contribution in [0, 0.1) is 17.7 Å². The van der Waals surface area contributed by atoms with Crippen LogP contribution in [0.15, 0.2) is 18.2 Å². The first kappa shape index (κ1) is 13.0. The summed E-state index contributed by atoms with van der Waals surface area (Å²) in [6, 6.07) is 4.57. The van der Waals surface area contributed by atoms with Crippen molar-refractivity contribution < 1.29 is 4.39 Å². The first-order valence-corrected chi connectivity index (χ1v) is 5.61. The van der Waals surface area contributed by atoms with E-state index in [-0.39, 0.29) is 11.9 Å². The molecule has 0 bridgehead atoms. The highest BCUT2D eigenvalue weighted by molar-refractivity contribution is 6.31. The minimum absolute atomic E-state index is 0.102. The molecule has 0 fully saturated rings. The van der Waals surface area contributed by atoms with Crippen molar-refractivity contribution in [2.24, 2.45) is 5.73 Å². The summed E-state index contributed by atoms with van der Waals surface area (Å²) in [5, 5.41) is 0.442. The summed E-state index contributed by atoms with van der Waals surface area (Å²) < 4.78 is 13.4. The molecule has 1 aromatic rings. The van der Waals surface area contributed by atoms with Crippen molar-refractivity contribution in [1.29, 1.82) is 0 Å². The topological polar surface area (TPSA) is 26.0 Å². The summed E-state index contributed by atoms with van der Waals surface area (Å²) in [5.41, 5.74) is 6.39. The Kier molecular flexibility index (Phi) is 5.31. The van der Waals surface area contributed by atoms with Crippen molar-refractivity contribution in [3.05, 3.63) is 34.6 Å². The van der Waals surface area contributed by atoms with Crippen LogP contribution in [0.5, 0.6) is 0 Å². The van der Waals surface area contributed by atoms with Crippen molar-refractivity contribution in [3.8, 4) is 11.8 Å². The highest BCUT2D eigenvalue weighted by atomic mass is 35.5. The molecule has 0 aliphatic carbocycles. The van der Waals surface area contributed by atoms with Gasteiger partial charge in [-0.1, -0.05) is 17.7 Å². The number of hydrogen-bond donors (Lipinski definition) is 1. The van der Waals surface area contributed by atoms with E-state index < -0.39 is 0 Å². The summed E-state index contributed by atoms with van der Waals surface area (Å²) in [5.74, 6) is 5.45. The summed E-state index contributed by atoms with van der Waals surface area (Å²) >= 11 is 5.91. The van der Waals surface area contributed by atoms with Gasteiger partial charge in [-0.25, -0.2) is 4.39 Å². The van der Waals surface area contributed by atoms with Gasteiger partial charge in [-0.3, -0.25) is 0 Å². The van der Waals surface area contributed by atoms with Crippen molar-refractivity contribution in [2.75, 3.05) is 0 Å². The Morgan fingerprint density at radius 2 is 2.25 bits per heavy atom. The molecule has 1 nitrogen and oxygen atoms in total. The second-order valence-electron chi connectivity index (χ2n) is 3.63. The highest BCUT2D eigenvalue weighted by Gasteiger charge is 2.11. The van der Waals surface area contributed by atoms with Crippen LogP contribution in [-0.2, 0) is 6.42 Å². The molecule has 0 aliphatic rings. The maximum absolute atomic E-state index is 13.4. The predicted octanol–water partition coefficient (Wildman–Crippen LogP) is 3.15. The van der Waals surface area contributed by atoms with Crippen molar-refractivity contribution in [2.45, 2.75) is 32.2 Å². The van der Waals surface area contributed by atoms with Crippen LogP contribution < -0.4 is 5.73 Å². The van der Waals surface area contributed by atoms with E-state index >= 15 is 0 Å². The maximum Gasteiger partial charge on any atom is 0.127 e. The fourth-order valence-electron chi connectivity index (χ4n) is 1.47. The third-order valence-corrected chi connectivity index (χ3v) is 2.70. The Morgan fingerprint density at radius 1 is 1.50 bits per heavy atom. The molecular weight excluding hydrogens is 225 g/mol. The van der Waals surface area contributed by atoms with Gasteiger partial charge in [0.15, 0.2) is 0 Å². The average Bonchev–Trinajstić information content (AvgIpc) is 2.24. The molecule has 16 heavy (non-hydrogen) atoms. The maximum atomic E-state index is 13.4. The SMILES string of the molecule is CC#CCCC(N)Cc1c(F)cccc1Cl. The lowest BCUT2D eigenvalue weighted by Gasteiger charge is -2.11. The average molecular weight is 240 g/mol. The molecule has 1 aromatic carbocycles. The van der Waals surface area contributed by atoms with Gasteiger partial charge >= 0.3 is 0 Å². The molecule has 0 spiro atoms. The molecular formula is C13H15ClFN. The lowest BCUT2D eigenvalue weighted by molar-refractivity contribution is 0.571. The van der Waals surface area contributed by atoms with Gasteiger partial charge in [-0.15, -0.1) is 11.8 Å². The molecule has 1 rings (SSSR count). The van der Waals surface area contributed by atoms with Gasteiger partial charge in [0.05, 0.1) is 0 Å². The lowest BCUT2D eigenvalue weighted by atomic mass is 10.0. The number of benzene rings is 1. The molecule has 86 valence electrons. The number of rotatable bonds is 4. The minimum Gasteiger partial charge on any atom is -0.327 e. The van der Waals surface area contributed by atoms with Crippen LogP contribution in [0.3, 0.4) is 0 Å². The van der Waals surface area contributed by atoms with E-state index in [1.165, 1.54) is 6.07 Å². The molecule has 0 radical (unpaired) electrons. The van der Waals surface area contributed by atoms with E-state index in [9.17, 15) is 4.39 Å². The van der Waals surface area contributed by atoms with E-state index in [0.717, 1.165) is 12.8 Å². The van der Waals surface area contributed by atoms with Crippen LogP contribution in [-0.4, -0.2) is 6.04 Å². The summed E-state index contributed by atoms with van der Waals surface area (Å²) in [6.07, 6.45) is 1.95. The molecule has 3 heteroatoms. The zero-order chi connectivity index (χ0) is 12.0. The second-order valence-corrected chi connectivity index (χ2v) is 4.04. The van der Waals surface area contributed by atoms with Crippen LogP contribution in [0.2, 0.25) is 5.02 Å². The standard InChI is InChI=1S/C13H15ClFN/c1-2-3-4-6-10(16)9-11-12(14)7-5-8-13(11)15/h5,7-8,10H,4,6,9,16H2,1H3. The summed E-state index contributed by atoms with van der Waals surface area (Å²) in [6.45, 7) is 1.79. The molecule has 0 heterocycles. The summed E-state index contributed by atoms with van der Waals surface area (Å²) in [4.78, 5) is 0. The van der Waals surface area contributed by atoms with Crippen LogP contribution in [0.1, 0.15) is 25.3 Å². The molecule has 1 atom stereocenters. The van der Waals surface area contributed by atoms with E-state index in [1.807, 2.05) is 0 Å². The first-order valence-electron chi connectivity index (χ1n) is 5.23. The van der Waals surface area contributed by atoms with Crippen LogP contribution in [0.4, 0.5) is 4.39 Å². The predicted molar refractivity (Wildman–Crippen MR) is 65.8 cm³/mol. The largest absolute Gasteiger partial charge is 0.327 e. The zero-order valence-electron chi connectivity index (χ0n) is 9.26. The smallest absolute Gasteiger partial charge is 0.127 e. The molecule has 2 N–H and O–H groups in total. The van der Waals surface area contributed by atoms with E-state index in [1.54, 1.807) is 19.1 Å². The fraction of sp³-hybridized carbons (Fsp3) is 0.385. The van der Waals surface area contributed by atoms with Gasteiger partial charge in [-0.2, -0.15) is 0 Å². The Hall–Kier alpha value is -1.04. The molecule has 0 aliphatic heterocycles. The summed E-state index contributed by atoms with van der Waals surface area (Å²) in [7, 11) is 0. The van der Waals surface area contributed by atoms with Gasteiger partial charge in [0.1, 0.15) is 5.82 Å². The number of nitrogens with two attached hydrogens (primary N) is 1. The zero-order valence-corrected chi connectivity index (χ0v) is 10.0. The van der Waals surface area contributed by atoms with Gasteiger partial charge < -0.3 is 5.73 Å². The van der Waals surface area contributed by atoms with E-state index in [0.29, 0.717) is 17.0 Å². The Bertz CT molecular complexity index is 386. The molecule has 0 amide bonds. The van der Waals surface area contributed by atoms with Crippen molar-refractivity contribution >= 4 is 11.6 Å². The van der Waals surface area contributed by atoms with E-state index in [4.69, 9.17) is 17.3 Å². The quantitative estimate of drug-likeness (QED) is 0.803. The molecule has 0 saturated heterocycles. The second kappa shape index (κ2) is 6.52. The van der Waals surface area contributed by atoms with Crippen LogP contribution >= 0.6 is 11.6 Å². The number of hydrogen-bond acceptors (Lipinski definition) is 1. The normalized spacial score (nSPS) is 11.8. The minimum atomic E-state index is -0.287. The van der Waals surface area contributed by atoms with Gasteiger partial charge in [-0.05, 0) is 31.9 Å². The monoisotopic (exact) mass is 239 g/mol. The van der Waals surface area contributed by atoms with E-state index in [2.05, 4.69) is 11.8 Å². The third kappa shape index (κ3) is 3.84. The van der Waals surface area contributed by atoms with Crippen molar-refractivity contribution in [1.82, 2.24) is 0 Å². The van der Waals surface area contributed by atoms with Crippen molar-refractivity contribution in [3.63, 3.8) is 0 Å². The fourth-order valence-corrected chi connectivity index (χ4v) is 1.71. The molecule has 1 unspecified atom stereocenters. The Morgan fingerprint density at radius 3 is 2.88 bits per heavy atom. The third-order valence-electron chi connectivity index (χ3n) is 2.34. The van der Waals surface area contributed by atoms with Gasteiger partial charge in [0.25, 0.3) is 0 Å². The Balaban J connectivity index is 2.61. The molecule has 0 aromatic heterocycles. The van der Waals surface area contributed by atoms with Gasteiger partial charge in [0, 0.05) is 23.0 Å². The molecule has 0 saturated carbocycles. The Labute approximate surface area is 101 Å². The van der Waals surface area contributed by atoms with Gasteiger partial charge in [0.2, 0.25) is 0 Å². The van der Waals surface area contributed by atoms with Crippen LogP contribution in [0.25, 0.3) is 0 Å². The number of halogens is 2. The highest BCUT2D eigenvalue weighted by Crippen LogP contribution is 2.20. The first-order chi connectivity index (χ1) is 7.65.